The van der Waals surface area contributed by atoms with Crippen LogP contribution in [0.25, 0.3) is 0 Å². The number of carbonyl (C=O) groups excluding carboxylic acids is 1. The fourth-order valence-corrected chi connectivity index (χ4v) is 2.77. The van der Waals surface area contributed by atoms with E-state index >= 15 is 0 Å². The third-order valence-corrected chi connectivity index (χ3v) is 4.03. The number of rotatable bonds is 3. The first kappa shape index (κ1) is 13.1. The molecule has 4 nitrogen and oxygen atoms in total. The fourth-order valence-electron chi connectivity index (χ4n) is 2.30. The van der Waals surface area contributed by atoms with E-state index in [2.05, 4.69) is 21.2 Å². The number of nitrogens with one attached hydrogen (secondary N) is 1. The quantitative estimate of drug-likeness (QED) is 0.901. The Morgan fingerprint density at radius 3 is 2.39 bits per heavy atom. The van der Waals surface area contributed by atoms with E-state index in [0.717, 1.165) is 12.8 Å². The van der Waals surface area contributed by atoms with Gasteiger partial charge in [0.05, 0.1) is 5.56 Å². The van der Waals surface area contributed by atoms with Gasteiger partial charge in [-0.1, -0.05) is 25.0 Å². The predicted octanol–water partition coefficient (Wildman–Crippen LogP) is 2.58. The van der Waals surface area contributed by atoms with Gasteiger partial charge < -0.3 is 10.4 Å². The van der Waals surface area contributed by atoms with E-state index in [1.54, 1.807) is 18.2 Å². The van der Waals surface area contributed by atoms with E-state index in [-0.39, 0.29) is 5.91 Å². The van der Waals surface area contributed by atoms with Crippen LogP contribution in [0.4, 0.5) is 0 Å². The van der Waals surface area contributed by atoms with Gasteiger partial charge in [-0.05, 0) is 40.9 Å². The molecule has 1 amide bonds. The number of amides is 1. The topological polar surface area (TPSA) is 66.4 Å². The highest BCUT2D eigenvalue weighted by Gasteiger charge is 2.42. The van der Waals surface area contributed by atoms with E-state index in [1.165, 1.54) is 0 Å². The van der Waals surface area contributed by atoms with E-state index in [0.29, 0.717) is 22.9 Å². The Morgan fingerprint density at radius 1 is 1.22 bits per heavy atom. The molecule has 1 aromatic rings. The van der Waals surface area contributed by atoms with Gasteiger partial charge in [-0.25, -0.2) is 4.79 Å². The molecule has 5 heteroatoms. The second-order valence-corrected chi connectivity index (χ2v) is 5.38. The molecule has 0 unspecified atom stereocenters. The lowest BCUT2D eigenvalue weighted by Crippen LogP contribution is -2.52. The molecule has 1 aromatic carbocycles. The molecule has 1 fully saturated rings. The molecule has 1 aliphatic carbocycles. The van der Waals surface area contributed by atoms with Crippen molar-refractivity contribution in [3.63, 3.8) is 0 Å². The summed E-state index contributed by atoms with van der Waals surface area (Å²) < 4.78 is 0.668. The Labute approximate surface area is 114 Å². The number of halogens is 1. The van der Waals surface area contributed by atoms with Gasteiger partial charge in [0.2, 0.25) is 0 Å². The van der Waals surface area contributed by atoms with Crippen LogP contribution in [0.2, 0.25) is 0 Å². The molecule has 0 radical (unpaired) electrons. The first-order valence-corrected chi connectivity index (χ1v) is 6.65. The van der Waals surface area contributed by atoms with Crippen LogP contribution in [0.1, 0.15) is 36.0 Å². The molecule has 0 atom stereocenters. The van der Waals surface area contributed by atoms with Crippen molar-refractivity contribution < 1.29 is 14.7 Å². The normalized spacial score (nSPS) is 17.4. The van der Waals surface area contributed by atoms with Crippen molar-refractivity contribution in [2.24, 2.45) is 0 Å². The van der Waals surface area contributed by atoms with Crippen LogP contribution in [0.5, 0.6) is 0 Å². The second-order valence-electron chi connectivity index (χ2n) is 4.53. The van der Waals surface area contributed by atoms with E-state index in [1.807, 2.05) is 6.07 Å². The summed E-state index contributed by atoms with van der Waals surface area (Å²) in [6.07, 6.45) is 2.67. The van der Waals surface area contributed by atoms with Crippen LogP contribution in [-0.2, 0) is 4.79 Å². The first-order chi connectivity index (χ1) is 8.55. The van der Waals surface area contributed by atoms with Crippen molar-refractivity contribution in [1.29, 1.82) is 0 Å². The van der Waals surface area contributed by atoms with E-state index in [4.69, 9.17) is 0 Å². The lowest BCUT2D eigenvalue weighted by atomic mass is 9.97. The average molecular weight is 312 g/mol. The summed E-state index contributed by atoms with van der Waals surface area (Å²) in [5, 5.41) is 12.0. The van der Waals surface area contributed by atoms with Crippen molar-refractivity contribution in [1.82, 2.24) is 5.32 Å². The van der Waals surface area contributed by atoms with Crippen LogP contribution in [0, 0.1) is 0 Å². The van der Waals surface area contributed by atoms with Gasteiger partial charge in [0.1, 0.15) is 5.54 Å². The minimum atomic E-state index is -1.09. The van der Waals surface area contributed by atoms with Crippen molar-refractivity contribution in [2.75, 3.05) is 0 Å². The van der Waals surface area contributed by atoms with Gasteiger partial charge in [0.25, 0.3) is 5.91 Å². The maximum absolute atomic E-state index is 12.1. The Bertz CT molecular complexity index is 481. The monoisotopic (exact) mass is 311 g/mol. The van der Waals surface area contributed by atoms with Crippen LogP contribution in [-0.4, -0.2) is 22.5 Å². The molecule has 0 saturated heterocycles. The molecule has 96 valence electrons. The number of hydrogen-bond acceptors (Lipinski definition) is 2. The smallest absolute Gasteiger partial charge is 0.329 e. The molecule has 0 bridgehead atoms. The minimum Gasteiger partial charge on any atom is -0.480 e. The zero-order valence-corrected chi connectivity index (χ0v) is 11.4. The highest BCUT2D eigenvalue weighted by Crippen LogP contribution is 2.30. The minimum absolute atomic E-state index is 0.341. The molecule has 0 heterocycles. The Hall–Kier alpha value is -1.36. The predicted molar refractivity (Wildman–Crippen MR) is 70.4 cm³/mol. The zero-order valence-electron chi connectivity index (χ0n) is 9.78. The van der Waals surface area contributed by atoms with Crippen LogP contribution < -0.4 is 5.32 Å². The molecule has 18 heavy (non-hydrogen) atoms. The van der Waals surface area contributed by atoms with Crippen molar-refractivity contribution in [3.8, 4) is 0 Å². The molecule has 2 N–H and O–H groups in total. The van der Waals surface area contributed by atoms with Gasteiger partial charge in [-0.3, -0.25) is 4.79 Å². The third kappa shape index (κ3) is 2.41. The van der Waals surface area contributed by atoms with Gasteiger partial charge in [-0.15, -0.1) is 0 Å². The largest absolute Gasteiger partial charge is 0.480 e. The van der Waals surface area contributed by atoms with Crippen molar-refractivity contribution in [3.05, 3.63) is 34.3 Å². The van der Waals surface area contributed by atoms with Crippen molar-refractivity contribution in [2.45, 2.75) is 31.2 Å². The summed E-state index contributed by atoms with van der Waals surface area (Å²) in [6.45, 7) is 0. The second kappa shape index (κ2) is 5.10. The molecule has 0 aliphatic heterocycles. The Kier molecular flexibility index (Phi) is 3.71. The summed E-state index contributed by atoms with van der Waals surface area (Å²) in [7, 11) is 0. The summed E-state index contributed by atoms with van der Waals surface area (Å²) in [4.78, 5) is 23.5. The van der Waals surface area contributed by atoms with E-state index in [9.17, 15) is 14.7 Å². The van der Waals surface area contributed by atoms with Crippen LogP contribution in [0.15, 0.2) is 28.7 Å². The number of carboxylic acid groups (broad SMARTS) is 1. The molecule has 2 rings (SSSR count). The zero-order chi connectivity index (χ0) is 13.2. The number of aliphatic carboxylic acids is 1. The first-order valence-electron chi connectivity index (χ1n) is 5.86. The standard InChI is InChI=1S/C13H14BrNO3/c14-10-6-2-1-5-9(10)11(16)15-13(12(17)18)7-3-4-8-13/h1-2,5-6H,3-4,7-8H2,(H,15,16)(H,17,18). The fraction of sp³-hybridized carbons (Fsp3) is 0.385. The van der Waals surface area contributed by atoms with Crippen LogP contribution in [0.3, 0.4) is 0 Å². The van der Waals surface area contributed by atoms with Gasteiger partial charge in [0.15, 0.2) is 0 Å². The summed E-state index contributed by atoms with van der Waals surface area (Å²) in [5.74, 6) is -1.29. The maximum Gasteiger partial charge on any atom is 0.329 e. The van der Waals surface area contributed by atoms with Crippen LogP contribution >= 0.6 is 15.9 Å². The number of benzene rings is 1. The van der Waals surface area contributed by atoms with Gasteiger partial charge >= 0.3 is 5.97 Å². The molecular weight excluding hydrogens is 298 g/mol. The lowest BCUT2D eigenvalue weighted by Gasteiger charge is -2.25. The summed E-state index contributed by atoms with van der Waals surface area (Å²) in [6, 6.07) is 6.99. The van der Waals surface area contributed by atoms with Gasteiger partial charge in [-0.2, -0.15) is 0 Å². The molecule has 0 spiro atoms. The van der Waals surface area contributed by atoms with Gasteiger partial charge in [0, 0.05) is 4.47 Å². The van der Waals surface area contributed by atoms with Crippen molar-refractivity contribution >= 4 is 27.8 Å². The SMILES string of the molecule is O=C(NC1(C(=O)O)CCCC1)c1ccccc1Br. The highest BCUT2D eigenvalue weighted by molar-refractivity contribution is 9.10. The third-order valence-electron chi connectivity index (χ3n) is 3.34. The molecule has 1 saturated carbocycles. The molecule has 1 aliphatic rings. The Balaban J connectivity index is 2.21. The summed E-state index contributed by atoms with van der Waals surface area (Å²) >= 11 is 3.29. The maximum atomic E-state index is 12.1. The number of hydrogen-bond donors (Lipinski definition) is 2. The highest BCUT2D eigenvalue weighted by atomic mass is 79.9. The average Bonchev–Trinajstić information content (AvgIpc) is 2.79. The van der Waals surface area contributed by atoms with E-state index < -0.39 is 11.5 Å². The molecular formula is C13H14BrNO3. The Morgan fingerprint density at radius 2 is 1.83 bits per heavy atom. The summed E-state index contributed by atoms with van der Waals surface area (Å²) in [5.41, 5.74) is -0.628. The lowest BCUT2D eigenvalue weighted by molar-refractivity contribution is -0.144. The molecule has 0 aromatic heterocycles. The number of carboxylic acids is 1. The number of carbonyl (C=O) groups is 2.